The third kappa shape index (κ3) is 4.21. The van der Waals surface area contributed by atoms with E-state index < -0.39 is 29.4 Å². The molecule has 11 heteroatoms. The second-order valence-electron chi connectivity index (χ2n) is 9.19. The molecule has 192 valence electrons. The maximum Gasteiger partial charge on any atom is 0.266 e. The molecule has 0 bridgehead atoms. The lowest BCUT2D eigenvalue weighted by Gasteiger charge is -2.49. The van der Waals surface area contributed by atoms with Crippen molar-refractivity contribution >= 4 is 22.8 Å². The molecule has 36 heavy (non-hydrogen) atoms. The van der Waals surface area contributed by atoms with Crippen LogP contribution in [0.25, 0.3) is 11.0 Å². The lowest BCUT2D eigenvalue weighted by atomic mass is 9.70. The maximum atomic E-state index is 14.7. The molecule has 3 aromatic rings. The summed E-state index contributed by atoms with van der Waals surface area (Å²) in [7, 11) is 4.82. The van der Waals surface area contributed by atoms with Crippen molar-refractivity contribution in [2.45, 2.75) is 50.8 Å². The highest BCUT2D eigenvalue weighted by molar-refractivity contribution is 5.87. The average molecular weight is 504 g/mol. The van der Waals surface area contributed by atoms with E-state index in [9.17, 15) is 22.8 Å². The van der Waals surface area contributed by atoms with Gasteiger partial charge in [0.15, 0.2) is 0 Å². The van der Waals surface area contributed by atoms with Gasteiger partial charge in [0.25, 0.3) is 12.0 Å². The number of anilines is 1. The van der Waals surface area contributed by atoms with Gasteiger partial charge in [-0.05, 0) is 13.0 Å². The van der Waals surface area contributed by atoms with Crippen LogP contribution in [0.4, 0.5) is 19.0 Å². The van der Waals surface area contributed by atoms with Crippen LogP contribution in [0.15, 0.2) is 35.4 Å². The van der Waals surface area contributed by atoms with E-state index >= 15 is 0 Å². The van der Waals surface area contributed by atoms with Gasteiger partial charge in [0, 0.05) is 52.6 Å². The van der Waals surface area contributed by atoms with Crippen LogP contribution in [-0.2, 0) is 22.2 Å². The fourth-order valence-electron chi connectivity index (χ4n) is 4.79. The number of nitrogens with one attached hydrogen (secondary N) is 1. The van der Waals surface area contributed by atoms with E-state index in [-0.39, 0.29) is 23.1 Å². The van der Waals surface area contributed by atoms with Crippen LogP contribution in [-0.4, -0.2) is 45.5 Å². The number of halogens is 3. The molecule has 8 nitrogen and oxygen atoms in total. The highest BCUT2D eigenvalue weighted by Crippen LogP contribution is 2.46. The molecule has 2 heterocycles. The SMILES string of the molecule is COC1(c2cc3c(N[C@H](C)c4cccc(C(F)F)c4F)ncnc3n(C)c2=O)CC(N(C)C(C)=O)C1. The first kappa shape index (κ1) is 25.6. The van der Waals surface area contributed by atoms with Crippen molar-refractivity contribution < 1.29 is 22.7 Å². The fourth-order valence-corrected chi connectivity index (χ4v) is 4.79. The number of aryl methyl sites for hydroxylation is 1. The van der Waals surface area contributed by atoms with Crippen LogP contribution in [0.2, 0.25) is 0 Å². The topological polar surface area (TPSA) is 89.3 Å². The van der Waals surface area contributed by atoms with Crippen LogP contribution >= 0.6 is 0 Å². The van der Waals surface area contributed by atoms with Gasteiger partial charge in [-0.3, -0.25) is 14.2 Å². The third-order valence-electron chi connectivity index (χ3n) is 7.17. The Bertz CT molecular complexity index is 1370. The quantitative estimate of drug-likeness (QED) is 0.523. The van der Waals surface area contributed by atoms with Crippen LogP contribution in [0.5, 0.6) is 0 Å². The summed E-state index contributed by atoms with van der Waals surface area (Å²) in [6.45, 7) is 3.12. The molecule has 0 spiro atoms. The van der Waals surface area contributed by atoms with Gasteiger partial charge < -0.3 is 15.0 Å². The second-order valence-corrected chi connectivity index (χ2v) is 9.19. The monoisotopic (exact) mass is 503 g/mol. The molecule has 1 N–H and O–H groups in total. The molecule has 1 saturated carbocycles. The Kier molecular flexibility index (Phi) is 6.78. The van der Waals surface area contributed by atoms with E-state index in [1.165, 1.54) is 37.1 Å². The number of hydrogen-bond acceptors (Lipinski definition) is 6. The summed E-state index contributed by atoms with van der Waals surface area (Å²) < 4.78 is 48.3. The van der Waals surface area contributed by atoms with Crippen LogP contribution in [0.3, 0.4) is 0 Å². The number of hydrogen-bond donors (Lipinski definition) is 1. The van der Waals surface area contributed by atoms with Crippen molar-refractivity contribution in [3.63, 3.8) is 0 Å². The number of ether oxygens (including phenoxy) is 1. The Morgan fingerprint density at radius 3 is 2.56 bits per heavy atom. The van der Waals surface area contributed by atoms with Crippen molar-refractivity contribution in [3.05, 3.63) is 63.5 Å². The van der Waals surface area contributed by atoms with Gasteiger partial charge in [-0.2, -0.15) is 0 Å². The number of aromatic nitrogens is 3. The zero-order chi connectivity index (χ0) is 26.4. The van der Waals surface area contributed by atoms with Gasteiger partial charge in [0.2, 0.25) is 5.91 Å². The molecule has 1 aromatic carbocycles. The van der Waals surface area contributed by atoms with Gasteiger partial charge in [-0.1, -0.05) is 18.2 Å². The maximum absolute atomic E-state index is 14.7. The molecule has 4 rings (SSSR count). The zero-order valence-corrected chi connectivity index (χ0v) is 20.7. The molecule has 0 aliphatic heterocycles. The largest absolute Gasteiger partial charge is 0.373 e. The highest BCUT2D eigenvalue weighted by Gasteiger charge is 2.50. The Hall–Kier alpha value is -3.47. The molecule has 2 aromatic heterocycles. The van der Waals surface area contributed by atoms with Gasteiger partial charge >= 0.3 is 0 Å². The van der Waals surface area contributed by atoms with Gasteiger partial charge in [0.05, 0.1) is 22.6 Å². The minimum atomic E-state index is -2.94. The second kappa shape index (κ2) is 9.53. The van der Waals surface area contributed by atoms with E-state index in [1.807, 2.05) is 0 Å². The molecular weight excluding hydrogens is 475 g/mol. The van der Waals surface area contributed by atoms with Crippen molar-refractivity contribution in [1.29, 1.82) is 0 Å². The predicted octanol–water partition coefficient (Wildman–Crippen LogP) is 4.06. The molecule has 0 unspecified atom stereocenters. The van der Waals surface area contributed by atoms with Gasteiger partial charge in [-0.25, -0.2) is 23.1 Å². The Labute approximate surface area is 206 Å². The summed E-state index contributed by atoms with van der Waals surface area (Å²) in [5, 5.41) is 3.58. The van der Waals surface area contributed by atoms with Crippen molar-refractivity contribution in [3.8, 4) is 0 Å². The number of amides is 1. The number of alkyl halides is 2. The Morgan fingerprint density at radius 2 is 1.94 bits per heavy atom. The molecule has 0 saturated heterocycles. The molecule has 1 aliphatic carbocycles. The first-order valence-electron chi connectivity index (χ1n) is 11.5. The van der Waals surface area contributed by atoms with Crippen molar-refractivity contribution in [2.24, 2.45) is 7.05 Å². The molecule has 1 fully saturated rings. The number of benzene rings is 1. The number of rotatable bonds is 7. The molecule has 0 radical (unpaired) electrons. The highest BCUT2D eigenvalue weighted by atomic mass is 19.3. The Morgan fingerprint density at radius 1 is 1.28 bits per heavy atom. The van der Waals surface area contributed by atoms with Crippen molar-refractivity contribution in [1.82, 2.24) is 19.4 Å². The van der Waals surface area contributed by atoms with Gasteiger partial charge in [-0.15, -0.1) is 0 Å². The Balaban J connectivity index is 1.75. The molecular formula is C25H28F3N5O3. The van der Waals surface area contributed by atoms with Crippen LogP contribution in [0.1, 0.15) is 55.8 Å². The van der Waals surface area contributed by atoms with E-state index in [0.29, 0.717) is 35.3 Å². The summed E-state index contributed by atoms with van der Waals surface area (Å²) in [5.41, 5.74) is -1.06. The standard InChI is InChI=1S/C25H28F3N5O3/c1-13(16-7-6-8-17(20(16)26)21(27)28)31-22-18-9-19(24(35)33(4)23(18)30-12-29-22)25(36-5)10-15(11-25)32(3)14(2)34/h6-9,12-13,15,21H,10-11H2,1-5H3,(H,29,30,31)/t13-,15?,25?/m1/s1. The summed E-state index contributed by atoms with van der Waals surface area (Å²) in [5.74, 6) is -0.741. The number of pyridine rings is 1. The van der Waals surface area contributed by atoms with Gasteiger partial charge in [0.1, 0.15) is 29.2 Å². The van der Waals surface area contributed by atoms with Crippen molar-refractivity contribution in [2.75, 3.05) is 19.5 Å². The number of fused-ring (bicyclic) bond motifs is 1. The number of carbonyl (C=O) groups is 1. The first-order valence-corrected chi connectivity index (χ1v) is 11.5. The molecule has 1 aliphatic rings. The van der Waals surface area contributed by atoms with Crippen LogP contribution < -0.4 is 10.9 Å². The van der Waals surface area contributed by atoms with E-state index in [1.54, 1.807) is 32.0 Å². The summed E-state index contributed by atoms with van der Waals surface area (Å²) in [6, 6.07) is 4.74. The smallest absolute Gasteiger partial charge is 0.266 e. The molecule has 1 amide bonds. The predicted molar refractivity (Wildman–Crippen MR) is 128 cm³/mol. The number of carbonyl (C=O) groups excluding carboxylic acids is 1. The normalized spacial score (nSPS) is 20.3. The minimum absolute atomic E-state index is 0.0621. The number of methoxy groups -OCH3 is 1. The van der Waals surface area contributed by atoms with E-state index in [2.05, 4.69) is 15.3 Å². The minimum Gasteiger partial charge on any atom is -0.373 e. The zero-order valence-electron chi connectivity index (χ0n) is 20.7. The van der Waals surface area contributed by atoms with Crippen LogP contribution in [0, 0.1) is 5.82 Å². The van der Waals surface area contributed by atoms with E-state index in [0.717, 1.165) is 6.07 Å². The third-order valence-corrected chi connectivity index (χ3v) is 7.17. The summed E-state index contributed by atoms with van der Waals surface area (Å²) >= 11 is 0. The lowest BCUT2D eigenvalue weighted by Crippen LogP contribution is -2.56. The average Bonchev–Trinajstić information content (AvgIpc) is 2.81. The first-order chi connectivity index (χ1) is 17.0. The lowest BCUT2D eigenvalue weighted by molar-refractivity contribution is -0.148. The molecule has 1 atom stereocenters. The fraction of sp³-hybridized carbons (Fsp3) is 0.440. The summed E-state index contributed by atoms with van der Waals surface area (Å²) in [4.78, 5) is 35.2. The summed E-state index contributed by atoms with van der Waals surface area (Å²) in [6.07, 6.45) is -0.777. The number of nitrogens with zero attached hydrogens (tertiary/aromatic N) is 4. The van der Waals surface area contributed by atoms with E-state index in [4.69, 9.17) is 4.74 Å².